The Morgan fingerprint density at radius 1 is 1.31 bits per heavy atom. The van der Waals surface area contributed by atoms with Gasteiger partial charge in [-0.1, -0.05) is 12.1 Å². The fourth-order valence-electron chi connectivity index (χ4n) is 3.39. The second kappa shape index (κ2) is 9.91. The van der Waals surface area contributed by atoms with Crippen molar-refractivity contribution in [3.8, 4) is 16.9 Å². The summed E-state index contributed by atoms with van der Waals surface area (Å²) in [4.78, 5) is 13.6. The molecule has 1 saturated heterocycles. The van der Waals surface area contributed by atoms with Gasteiger partial charge in [0, 0.05) is 17.6 Å². The highest BCUT2D eigenvalue weighted by Crippen LogP contribution is 2.27. The number of amides is 1. The van der Waals surface area contributed by atoms with E-state index in [1.165, 1.54) is 0 Å². The van der Waals surface area contributed by atoms with Crippen molar-refractivity contribution in [3.63, 3.8) is 0 Å². The molecule has 0 aliphatic carbocycles. The predicted octanol–water partition coefficient (Wildman–Crippen LogP) is 3.90. The fraction of sp³-hybridized carbons (Fsp3) is 0.333. The van der Waals surface area contributed by atoms with Gasteiger partial charge < -0.3 is 15.4 Å². The van der Waals surface area contributed by atoms with Crippen LogP contribution < -0.4 is 15.4 Å². The van der Waals surface area contributed by atoms with Crippen LogP contribution in [0.25, 0.3) is 11.1 Å². The lowest BCUT2D eigenvalue weighted by Crippen LogP contribution is -2.32. The van der Waals surface area contributed by atoms with E-state index in [1.54, 1.807) is 24.5 Å². The highest BCUT2D eigenvalue weighted by Gasteiger charge is 2.17. The lowest BCUT2D eigenvalue weighted by Gasteiger charge is -2.22. The number of piperidine rings is 1. The first kappa shape index (κ1) is 21.4. The maximum atomic E-state index is 12.4. The molecule has 29 heavy (non-hydrogen) atoms. The molecule has 1 fully saturated rings. The Labute approximate surface area is 180 Å². The van der Waals surface area contributed by atoms with Crippen molar-refractivity contribution >= 4 is 29.7 Å². The summed E-state index contributed by atoms with van der Waals surface area (Å²) in [5.74, 6) is 0.705. The van der Waals surface area contributed by atoms with Crippen molar-refractivity contribution in [2.45, 2.75) is 25.4 Å². The molecule has 1 aliphatic rings. The third-order valence-electron chi connectivity index (χ3n) is 4.99. The lowest BCUT2D eigenvalue weighted by atomic mass is 10.1. The standard InChI is InChI=1S/C21H24N4O2S.ClH/c1-27-18-6-4-15(5-7-18)16-11-19(28-14-16)13-23-21(26)20-8-10-25(24-20)17-3-2-9-22-12-17;/h4-8,10-11,14,17,22H,2-3,9,12-13H2,1H3,(H,23,26);1H. The van der Waals surface area contributed by atoms with Crippen molar-refractivity contribution in [1.82, 2.24) is 20.4 Å². The topological polar surface area (TPSA) is 68.2 Å². The summed E-state index contributed by atoms with van der Waals surface area (Å²) in [6, 6.07) is 12.2. The van der Waals surface area contributed by atoms with Gasteiger partial charge in [0.15, 0.2) is 0 Å². The molecule has 1 aromatic carbocycles. The van der Waals surface area contributed by atoms with E-state index in [4.69, 9.17) is 4.74 Å². The third-order valence-corrected chi connectivity index (χ3v) is 5.92. The number of rotatable bonds is 6. The molecule has 6 nitrogen and oxygen atoms in total. The minimum Gasteiger partial charge on any atom is -0.497 e. The molecule has 0 saturated carbocycles. The first-order valence-electron chi connectivity index (χ1n) is 9.49. The summed E-state index contributed by atoms with van der Waals surface area (Å²) in [5.41, 5.74) is 2.75. The second-order valence-electron chi connectivity index (χ2n) is 6.89. The number of halogens is 1. The Morgan fingerprint density at radius 3 is 2.86 bits per heavy atom. The van der Waals surface area contributed by atoms with Crippen LogP contribution in [-0.4, -0.2) is 35.9 Å². The molecule has 0 bridgehead atoms. The van der Waals surface area contributed by atoms with Gasteiger partial charge in [0.05, 0.1) is 19.7 Å². The molecule has 154 valence electrons. The monoisotopic (exact) mass is 432 g/mol. The van der Waals surface area contributed by atoms with Gasteiger partial charge in [-0.25, -0.2) is 0 Å². The molecule has 2 aromatic heterocycles. The Kier molecular flexibility index (Phi) is 7.30. The molecule has 4 rings (SSSR count). The Morgan fingerprint density at radius 2 is 2.14 bits per heavy atom. The molecular weight excluding hydrogens is 408 g/mol. The Bertz CT molecular complexity index is 932. The summed E-state index contributed by atoms with van der Waals surface area (Å²) in [7, 11) is 1.66. The summed E-state index contributed by atoms with van der Waals surface area (Å²) in [6.07, 6.45) is 4.14. The number of nitrogens with zero attached hydrogens (tertiary/aromatic N) is 2. The molecular formula is C21H25ClN4O2S. The van der Waals surface area contributed by atoms with E-state index >= 15 is 0 Å². The highest BCUT2D eigenvalue weighted by atomic mass is 35.5. The average Bonchev–Trinajstić information content (AvgIpc) is 3.43. The summed E-state index contributed by atoms with van der Waals surface area (Å²) >= 11 is 1.64. The number of thiophene rings is 1. The van der Waals surface area contributed by atoms with Crippen LogP contribution in [0.4, 0.5) is 0 Å². The zero-order valence-electron chi connectivity index (χ0n) is 16.3. The van der Waals surface area contributed by atoms with E-state index in [0.717, 1.165) is 47.7 Å². The lowest BCUT2D eigenvalue weighted by molar-refractivity contribution is 0.0945. The maximum Gasteiger partial charge on any atom is 0.272 e. The molecule has 1 aliphatic heterocycles. The van der Waals surface area contributed by atoms with Gasteiger partial charge in [0.25, 0.3) is 5.91 Å². The summed E-state index contributed by atoms with van der Waals surface area (Å²) in [6.45, 7) is 2.47. The number of carbonyl (C=O) groups is 1. The van der Waals surface area contributed by atoms with Gasteiger partial charge in [-0.2, -0.15) is 5.10 Å². The summed E-state index contributed by atoms with van der Waals surface area (Å²) < 4.78 is 7.11. The highest BCUT2D eigenvalue weighted by molar-refractivity contribution is 7.10. The van der Waals surface area contributed by atoms with Crippen LogP contribution >= 0.6 is 23.7 Å². The Hall–Kier alpha value is -2.35. The Balaban J connectivity index is 0.00000240. The van der Waals surface area contributed by atoms with E-state index in [0.29, 0.717) is 18.3 Å². The molecule has 1 amide bonds. The van der Waals surface area contributed by atoms with E-state index in [1.807, 2.05) is 35.1 Å². The number of hydrogen-bond donors (Lipinski definition) is 2. The largest absolute Gasteiger partial charge is 0.497 e. The minimum atomic E-state index is -0.137. The first-order valence-corrected chi connectivity index (χ1v) is 10.4. The molecule has 2 N–H and O–H groups in total. The molecule has 8 heteroatoms. The smallest absolute Gasteiger partial charge is 0.272 e. The average molecular weight is 433 g/mol. The van der Waals surface area contributed by atoms with E-state index in [9.17, 15) is 4.79 Å². The number of aromatic nitrogens is 2. The second-order valence-corrected chi connectivity index (χ2v) is 7.89. The van der Waals surface area contributed by atoms with Crippen molar-refractivity contribution in [3.05, 3.63) is 58.5 Å². The van der Waals surface area contributed by atoms with E-state index in [2.05, 4.69) is 27.2 Å². The van der Waals surface area contributed by atoms with Gasteiger partial charge in [-0.3, -0.25) is 9.48 Å². The van der Waals surface area contributed by atoms with Gasteiger partial charge in [-0.05, 0) is 60.2 Å². The van der Waals surface area contributed by atoms with E-state index < -0.39 is 0 Å². The van der Waals surface area contributed by atoms with Gasteiger partial charge in [-0.15, -0.1) is 23.7 Å². The van der Waals surface area contributed by atoms with Crippen molar-refractivity contribution in [2.24, 2.45) is 0 Å². The molecule has 1 unspecified atom stereocenters. The first-order chi connectivity index (χ1) is 13.7. The van der Waals surface area contributed by atoms with Gasteiger partial charge in [0.1, 0.15) is 11.4 Å². The molecule has 3 heterocycles. The zero-order valence-corrected chi connectivity index (χ0v) is 17.9. The molecule has 0 radical (unpaired) electrons. The maximum absolute atomic E-state index is 12.4. The number of methoxy groups -OCH3 is 1. The minimum absolute atomic E-state index is 0. The van der Waals surface area contributed by atoms with Crippen LogP contribution in [0.3, 0.4) is 0 Å². The van der Waals surface area contributed by atoms with Crippen molar-refractivity contribution < 1.29 is 9.53 Å². The van der Waals surface area contributed by atoms with Gasteiger partial charge >= 0.3 is 0 Å². The van der Waals surface area contributed by atoms with Gasteiger partial charge in [0.2, 0.25) is 0 Å². The van der Waals surface area contributed by atoms with Crippen molar-refractivity contribution in [1.29, 1.82) is 0 Å². The number of hydrogen-bond acceptors (Lipinski definition) is 5. The van der Waals surface area contributed by atoms with Crippen LogP contribution in [0.2, 0.25) is 0 Å². The predicted molar refractivity (Wildman–Crippen MR) is 118 cm³/mol. The number of benzene rings is 1. The third kappa shape index (κ3) is 5.18. The fourth-order valence-corrected chi connectivity index (χ4v) is 4.22. The van der Waals surface area contributed by atoms with Crippen LogP contribution in [0.5, 0.6) is 5.75 Å². The van der Waals surface area contributed by atoms with Crippen LogP contribution in [-0.2, 0) is 6.54 Å². The number of ether oxygens (including phenoxy) is 1. The van der Waals surface area contributed by atoms with Crippen LogP contribution in [0.15, 0.2) is 48.0 Å². The van der Waals surface area contributed by atoms with Crippen LogP contribution in [0, 0.1) is 0 Å². The molecule has 0 spiro atoms. The normalized spacial score (nSPS) is 16.1. The van der Waals surface area contributed by atoms with Crippen LogP contribution in [0.1, 0.15) is 34.2 Å². The molecule has 1 atom stereocenters. The molecule has 3 aromatic rings. The number of carbonyl (C=O) groups excluding carboxylic acids is 1. The number of nitrogens with one attached hydrogen (secondary N) is 2. The van der Waals surface area contributed by atoms with Crippen molar-refractivity contribution in [2.75, 3.05) is 20.2 Å². The van der Waals surface area contributed by atoms with E-state index in [-0.39, 0.29) is 18.3 Å². The quantitative estimate of drug-likeness (QED) is 0.620. The SMILES string of the molecule is COc1ccc(-c2csc(CNC(=O)c3ccn(C4CCCNC4)n3)c2)cc1.Cl. The zero-order chi connectivity index (χ0) is 19.3. The summed E-state index contributed by atoms with van der Waals surface area (Å²) in [5, 5.41) is 12.9.